The topological polar surface area (TPSA) is 62.8 Å². The number of nitrogens with one attached hydrogen (secondary N) is 1. The molecule has 4 nitrogen and oxygen atoms in total. The zero-order valence-electron chi connectivity index (χ0n) is 4.75. The summed E-state index contributed by atoms with van der Waals surface area (Å²) in [7, 11) is -3.16. The van der Waals surface area contributed by atoms with Crippen molar-refractivity contribution in [3.8, 4) is 0 Å². The van der Waals surface area contributed by atoms with E-state index in [0.29, 0.717) is 0 Å². The lowest BCUT2D eigenvalue weighted by atomic mass is 11.0. The fourth-order valence-corrected chi connectivity index (χ4v) is 0.899. The van der Waals surface area contributed by atoms with Gasteiger partial charge in [-0.3, -0.25) is 0 Å². The molecular formula is C4H5N2O2S. The van der Waals surface area contributed by atoms with E-state index in [2.05, 4.69) is 16.2 Å². The molecule has 0 saturated carbocycles. The quantitative estimate of drug-likeness (QED) is 0.585. The SMILES string of the molecule is CS(=O)(=O)c1n[c]c[nH]1. The Morgan fingerprint density at radius 2 is 2.44 bits per heavy atom. The Bertz CT molecular complexity index is 274. The number of H-pyrrole nitrogens is 1. The minimum Gasteiger partial charge on any atom is -0.335 e. The standard InChI is InChI=1S/C4H5N2O2S/c1-9(7,8)4-5-2-3-6-4/h2H,1H3,(H,5,6). The third kappa shape index (κ3) is 1.29. The molecule has 1 aromatic heterocycles. The van der Waals surface area contributed by atoms with Crippen LogP contribution in [0.15, 0.2) is 11.4 Å². The van der Waals surface area contributed by atoms with E-state index in [1.54, 1.807) is 0 Å². The van der Waals surface area contributed by atoms with Gasteiger partial charge in [-0.2, -0.15) is 0 Å². The number of nitrogens with zero attached hydrogens (tertiary/aromatic N) is 1. The Labute approximate surface area is 52.9 Å². The molecule has 0 aromatic carbocycles. The van der Waals surface area contributed by atoms with Crippen LogP contribution in [-0.4, -0.2) is 24.6 Å². The molecule has 0 aliphatic carbocycles. The van der Waals surface area contributed by atoms with Gasteiger partial charge in [-0.15, -0.1) is 0 Å². The van der Waals surface area contributed by atoms with Crippen molar-refractivity contribution in [1.29, 1.82) is 0 Å². The molecule has 0 spiro atoms. The molecule has 1 rings (SSSR count). The van der Waals surface area contributed by atoms with Gasteiger partial charge in [0.1, 0.15) is 6.20 Å². The van der Waals surface area contributed by atoms with Crippen LogP contribution in [0.25, 0.3) is 0 Å². The fourth-order valence-electron chi connectivity index (χ4n) is 0.407. The minimum atomic E-state index is -3.16. The van der Waals surface area contributed by atoms with Gasteiger partial charge in [0.2, 0.25) is 15.0 Å². The summed E-state index contributed by atoms with van der Waals surface area (Å²) in [4.78, 5) is 5.84. The summed E-state index contributed by atoms with van der Waals surface area (Å²) in [6, 6.07) is 0. The van der Waals surface area contributed by atoms with Crippen LogP contribution in [-0.2, 0) is 9.84 Å². The number of rotatable bonds is 1. The number of imidazole rings is 1. The molecule has 1 aromatic rings. The van der Waals surface area contributed by atoms with E-state index < -0.39 is 9.84 Å². The van der Waals surface area contributed by atoms with Gasteiger partial charge in [-0.25, -0.2) is 13.4 Å². The highest BCUT2D eigenvalue weighted by atomic mass is 32.2. The van der Waals surface area contributed by atoms with E-state index in [0.717, 1.165) is 6.26 Å². The Balaban J connectivity index is 3.20. The first-order chi connectivity index (χ1) is 4.11. The highest BCUT2D eigenvalue weighted by Gasteiger charge is 2.07. The summed E-state index contributed by atoms with van der Waals surface area (Å²) in [6.45, 7) is 0. The van der Waals surface area contributed by atoms with E-state index in [1.807, 2.05) is 0 Å². The lowest BCUT2D eigenvalue weighted by Crippen LogP contribution is -1.98. The monoisotopic (exact) mass is 145 g/mol. The van der Waals surface area contributed by atoms with Crippen LogP contribution in [0.2, 0.25) is 0 Å². The molecule has 0 fully saturated rings. The highest BCUT2D eigenvalue weighted by Crippen LogP contribution is 1.96. The normalized spacial score (nSPS) is 11.7. The van der Waals surface area contributed by atoms with Crippen LogP contribution in [0, 0.1) is 6.20 Å². The van der Waals surface area contributed by atoms with Gasteiger partial charge in [0.15, 0.2) is 0 Å². The molecule has 1 N–H and O–H groups in total. The van der Waals surface area contributed by atoms with Gasteiger partial charge in [0, 0.05) is 12.5 Å². The predicted molar refractivity (Wildman–Crippen MR) is 30.5 cm³/mol. The van der Waals surface area contributed by atoms with Gasteiger partial charge >= 0.3 is 0 Å². The van der Waals surface area contributed by atoms with E-state index in [1.165, 1.54) is 6.20 Å². The zero-order chi connectivity index (χ0) is 6.91. The molecular weight excluding hydrogens is 140 g/mol. The largest absolute Gasteiger partial charge is 0.335 e. The van der Waals surface area contributed by atoms with Gasteiger partial charge in [0.05, 0.1) is 0 Å². The molecule has 0 amide bonds. The Morgan fingerprint density at radius 3 is 2.67 bits per heavy atom. The lowest BCUT2D eigenvalue weighted by molar-refractivity contribution is 0.595. The maximum absolute atomic E-state index is 10.6. The maximum atomic E-state index is 10.6. The van der Waals surface area contributed by atoms with Gasteiger partial charge < -0.3 is 4.98 Å². The summed E-state index contributed by atoms with van der Waals surface area (Å²) in [6.07, 6.45) is 4.78. The third-order valence-corrected chi connectivity index (χ3v) is 1.69. The third-order valence-electron chi connectivity index (χ3n) is 0.778. The Kier molecular flexibility index (Phi) is 1.28. The predicted octanol–water partition coefficient (Wildman–Crippen LogP) is -0.387. The Hall–Kier alpha value is -0.840. The van der Waals surface area contributed by atoms with Crippen LogP contribution in [0.1, 0.15) is 0 Å². The number of sulfone groups is 1. The molecule has 0 unspecified atom stereocenters. The molecule has 0 atom stereocenters. The molecule has 0 aliphatic heterocycles. The average molecular weight is 145 g/mol. The van der Waals surface area contributed by atoms with Gasteiger partial charge in [0.25, 0.3) is 0 Å². The summed E-state index contributed by atoms with van der Waals surface area (Å²) >= 11 is 0. The zero-order valence-corrected chi connectivity index (χ0v) is 5.57. The molecule has 9 heavy (non-hydrogen) atoms. The van der Waals surface area contributed by atoms with Crippen molar-refractivity contribution in [2.75, 3.05) is 6.26 Å². The second-order valence-electron chi connectivity index (χ2n) is 1.61. The van der Waals surface area contributed by atoms with Crippen LogP contribution in [0.3, 0.4) is 0 Å². The molecule has 0 bridgehead atoms. The highest BCUT2D eigenvalue weighted by molar-refractivity contribution is 7.90. The first kappa shape index (κ1) is 6.28. The molecule has 1 radical (unpaired) electrons. The smallest absolute Gasteiger partial charge is 0.225 e. The summed E-state index contributed by atoms with van der Waals surface area (Å²) in [5, 5.41) is -0.0394. The van der Waals surface area contributed by atoms with Crippen molar-refractivity contribution >= 4 is 9.84 Å². The molecule has 5 heteroatoms. The lowest BCUT2D eigenvalue weighted by Gasteiger charge is -1.85. The van der Waals surface area contributed by atoms with Crippen molar-refractivity contribution < 1.29 is 8.42 Å². The van der Waals surface area contributed by atoms with Crippen molar-refractivity contribution in [3.63, 3.8) is 0 Å². The van der Waals surface area contributed by atoms with Crippen molar-refractivity contribution in [2.24, 2.45) is 0 Å². The van der Waals surface area contributed by atoms with Crippen LogP contribution < -0.4 is 0 Å². The van der Waals surface area contributed by atoms with Crippen molar-refractivity contribution in [1.82, 2.24) is 9.97 Å². The minimum absolute atomic E-state index is 0.0394. The number of hydrogen-bond donors (Lipinski definition) is 1. The van der Waals surface area contributed by atoms with Gasteiger partial charge in [-0.1, -0.05) is 0 Å². The summed E-state index contributed by atoms with van der Waals surface area (Å²) < 4.78 is 21.2. The second-order valence-corrected chi connectivity index (χ2v) is 3.54. The van der Waals surface area contributed by atoms with Crippen LogP contribution >= 0.6 is 0 Å². The molecule has 0 saturated heterocycles. The summed E-state index contributed by atoms with van der Waals surface area (Å²) in [5.74, 6) is 0. The van der Waals surface area contributed by atoms with E-state index in [-0.39, 0.29) is 5.16 Å². The van der Waals surface area contributed by atoms with E-state index >= 15 is 0 Å². The van der Waals surface area contributed by atoms with Gasteiger partial charge in [-0.05, 0) is 0 Å². The first-order valence-corrected chi connectivity index (χ1v) is 4.11. The molecule has 0 aliphatic rings. The van der Waals surface area contributed by atoms with E-state index in [9.17, 15) is 8.42 Å². The second kappa shape index (κ2) is 1.84. The number of hydrogen-bond acceptors (Lipinski definition) is 3. The number of aromatic amines is 1. The molecule has 1 heterocycles. The van der Waals surface area contributed by atoms with Crippen molar-refractivity contribution in [2.45, 2.75) is 5.16 Å². The Morgan fingerprint density at radius 1 is 1.78 bits per heavy atom. The first-order valence-electron chi connectivity index (χ1n) is 2.22. The van der Waals surface area contributed by atoms with E-state index in [4.69, 9.17) is 0 Å². The molecule has 49 valence electrons. The van der Waals surface area contributed by atoms with Crippen LogP contribution in [0.5, 0.6) is 0 Å². The number of aromatic nitrogens is 2. The van der Waals surface area contributed by atoms with Crippen LogP contribution in [0.4, 0.5) is 0 Å². The van der Waals surface area contributed by atoms with Crippen molar-refractivity contribution in [3.05, 3.63) is 12.4 Å². The summed E-state index contributed by atoms with van der Waals surface area (Å²) in [5.41, 5.74) is 0. The maximum Gasteiger partial charge on any atom is 0.225 e. The fraction of sp³-hybridized carbons (Fsp3) is 0.250. The average Bonchev–Trinajstić information content (AvgIpc) is 2.08.